The molecule has 1 atom stereocenters. The molecule has 0 bridgehead atoms. The van der Waals surface area contributed by atoms with Gasteiger partial charge in [0.1, 0.15) is 17.5 Å². The van der Waals surface area contributed by atoms with Crippen molar-refractivity contribution in [3.8, 4) is 5.75 Å². The number of esters is 1. The molecule has 32 heavy (non-hydrogen) atoms. The lowest BCUT2D eigenvalue weighted by Crippen LogP contribution is -2.33. The number of ether oxygens (including phenoxy) is 2. The SMILES string of the molecule is COC(=O)C1=C(C(=O)c2cccc([N+](=O)[O-])c2)[C@H](c2ccc(OC)cc2)n2nnnc2N1. The molecule has 1 aromatic heterocycles. The van der Waals surface area contributed by atoms with Gasteiger partial charge in [-0.2, -0.15) is 4.68 Å². The van der Waals surface area contributed by atoms with Crippen molar-refractivity contribution in [3.05, 3.63) is 81.0 Å². The number of fused-ring (bicyclic) bond motifs is 1. The number of nitro benzene ring substituents is 1. The van der Waals surface area contributed by atoms with Crippen LogP contribution in [0.1, 0.15) is 22.0 Å². The van der Waals surface area contributed by atoms with Crippen molar-refractivity contribution in [1.29, 1.82) is 0 Å². The Morgan fingerprint density at radius 2 is 1.91 bits per heavy atom. The minimum absolute atomic E-state index is 0.0208. The second-order valence-corrected chi connectivity index (χ2v) is 6.66. The van der Waals surface area contributed by atoms with Crippen molar-refractivity contribution < 1.29 is 24.0 Å². The Morgan fingerprint density at radius 3 is 2.56 bits per heavy atom. The lowest BCUT2D eigenvalue weighted by Gasteiger charge is -2.28. The summed E-state index contributed by atoms with van der Waals surface area (Å²) in [5.74, 6) is -0.722. The number of allylic oxidation sites excluding steroid dienone is 1. The maximum atomic E-state index is 13.6. The molecule has 0 aliphatic carbocycles. The van der Waals surface area contributed by atoms with Crippen LogP contribution < -0.4 is 10.1 Å². The molecule has 0 saturated carbocycles. The molecule has 0 radical (unpaired) electrons. The van der Waals surface area contributed by atoms with E-state index in [0.717, 1.165) is 6.07 Å². The number of ketones is 1. The van der Waals surface area contributed by atoms with Crippen LogP contribution in [0.25, 0.3) is 0 Å². The van der Waals surface area contributed by atoms with Crippen molar-refractivity contribution in [1.82, 2.24) is 20.2 Å². The number of carbonyl (C=O) groups excluding carboxylic acids is 2. The zero-order chi connectivity index (χ0) is 22.8. The van der Waals surface area contributed by atoms with Gasteiger partial charge in [0.2, 0.25) is 5.95 Å². The van der Waals surface area contributed by atoms with Gasteiger partial charge in [-0.3, -0.25) is 14.9 Å². The van der Waals surface area contributed by atoms with Crippen molar-refractivity contribution in [2.24, 2.45) is 0 Å². The van der Waals surface area contributed by atoms with Gasteiger partial charge in [-0.15, -0.1) is 0 Å². The van der Waals surface area contributed by atoms with E-state index in [2.05, 4.69) is 20.8 Å². The van der Waals surface area contributed by atoms with Gasteiger partial charge in [-0.05, 0) is 28.1 Å². The number of anilines is 1. The molecular weight excluding hydrogens is 420 g/mol. The van der Waals surface area contributed by atoms with Crippen LogP contribution in [-0.4, -0.2) is 51.1 Å². The summed E-state index contributed by atoms with van der Waals surface area (Å²) in [7, 11) is 2.69. The van der Waals surface area contributed by atoms with Gasteiger partial charge in [0.15, 0.2) is 5.78 Å². The molecule has 0 unspecified atom stereocenters. The molecule has 0 spiro atoms. The molecule has 12 nitrogen and oxygen atoms in total. The van der Waals surface area contributed by atoms with Gasteiger partial charge < -0.3 is 14.8 Å². The number of nitro groups is 1. The van der Waals surface area contributed by atoms with E-state index in [9.17, 15) is 19.7 Å². The number of methoxy groups -OCH3 is 2. The largest absolute Gasteiger partial charge is 0.497 e. The van der Waals surface area contributed by atoms with E-state index < -0.39 is 22.7 Å². The van der Waals surface area contributed by atoms with Crippen LogP contribution in [-0.2, 0) is 9.53 Å². The van der Waals surface area contributed by atoms with E-state index in [1.165, 1.54) is 37.1 Å². The van der Waals surface area contributed by atoms with Gasteiger partial charge in [0, 0.05) is 17.7 Å². The first-order valence-electron chi connectivity index (χ1n) is 9.25. The normalized spacial score (nSPS) is 14.9. The number of Topliss-reactive ketones (excluding diaryl/α,β-unsaturated/α-hetero) is 1. The molecular formula is C20H16N6O6. The first kappa shape index (κ1) is 20.7. The molecule has 3 aromatic rings. The van der Waals surface area contributed by atoms with Gasteiger partial charge in [-0.25, -0.2) is 4.79 Å². The molecule has 4 rings (SSSR count). The van der Waals surface area contributed by atoms with Crippen LogP contribution in [0.5, 0.6) is 5.75 Å². The summed E-state index contributed by atoms with van der Waals surface area (Å²) in [5, 5.41) is 25.4. The van der Waals surface area contributed by atoms with Gasteiger partial charge in [0.25, 0.3) is 5.69 Å². The molecule has 12 heteroatoms. The number of non-ortho nitro benzene ring substituents is 1. The number of hydrogen-bond acceptors (Lipinski definition) is 10. The number of aromatic nitrogens is 4. The Balaban J connectivity index is 1.93. The molecule has 1 aliphatic heterocycles. The second kappa shape index (κ2) is 8.26. The molecule has 1 aliphatic rings. The third-order valence-electron chi connectivity index (χ3n) is 4.90. The zero-order valence-electron chi connectivity index (χ0n) is 16.9. The predicted molar refractivity (Wildman–Crippen MR) is 109 cm³/mol. The molecule has 0 amide bonds. The Labute approximate surface area is 180 Å². The minimum atomic E-state index is -0.909. The zero-order valence-corrected chi connectivity index (χ0v) is 16.9. The van der Waals surface area contributed by atoms with Gasteiger partial charge >= 0.3 is 5.97 Å². The van der Waals surface area contributed by atoms with Gasteiger partial charge in [-0.1, -0.05) is 29.4 Å². The summed E-state index contributed by atoms with van der Waals surface area (Å²) in [6.45, 7) is 0. The molecule has 2 aromatic carbocycles. The van der Waals surface area contributed by atoms with Gasteiger partial charge in [0.05, 0.1) is 24.7 Å². The highest BCUT2D eigenvalue weighted by atomic mass is 16.6. The second-order valence-electron chi connectivity index (χ2n) is 6.66. The van der Waals surface area contributed by atoms with E-state index in [0.29, 0.717) is 11.3 Å². The maximum absolute atomic E-state index is 13.6. The standard InChI is InChI=1S/C20H16N6O6/c1-31-14-8-6-11(7-9-14)17-15(18(27)12-4-3-5-13(10-12)26(29)30)16(19(28)32-2)21-20-22-23-24-25(17)20/h3-10,17H,1-2H3,(H,21,22,24)/t17-/m0/s1. The van der Waals surface area contributed by atoms with E-state index in [4.69, 9.17) is 9.47 Å². The highest BCUT2D eigenvalue weighted by Gasteiger charge is 2.38. The Hall–Kier alpha value is -4.61. The summed E-state index contributed by atoms with van der Waals surface area (Å²) >= 11 is 0. The Bertz CT molecular complexity index is 1250. The predicted octanol–water partition coefficient (Wildman–Crippen LogP) is 1.91. The smallest absolute Gasteiger partial charge is 0.355 e. The number of benzene rings is 2. The average molecular weight is 436 g/mol. The number of hydrogen-bond donors (Lipinski definition) is 1. The van der Waals surface area contributed by atoms with Crippen LogP contribution in [0.3, 0.4) is 0 Å². The fourth-order valence-electron chi connectivity index (χ4n) is 3.40. The molecule has 1 N–H and O–H groups in total. The summed E-state index contributed by atoms with van der Waals surface area (Å²) < 4.78 is 11.4. The molecule has 0 saturated heterocycles. The lowest BCUT2D eigenvalue weighted by atomic mass is 9.89. The van der Waals surface area contributed by atoms with E-state index in [1.807, 2.05) is 0 Å². The monoisotopic (exact) mass is 436 g/mol. The first-order valence-corrected chi connectivity index (χ1v) is 9.25. The molecule has 0 fully saturated rings. The van der Waals surface area contributed by atoms with Crippen molar-refractivity contribution >= 4 is 23.4 Å². The molecule has 162 valence electrons. The van der Waals surface area contributed by atoms with Crippen LogP contribution in [0.2, 0.25) is 0 Å². The number of nitrogens with zero attached hydrogens (tertiary/aromatic N) is 5. The van der Waals surface area contributed by atoms with Crippen LogP contribution in [0, 0.1) is 10.1 Å². The number of rotatable bonds is 6. The summed E-state index contributed by atoms with van der Waals surface area (Å²) in [6.07, 6.45) is 0. The van der Waals surface area contributed by atoms with Crippen molar-refractivity contribution in [2.75, 3.05) is 19.5 Å². The average Bonchev–Trinajstić information content (AvgIpc) is 3.30. The van der Waals surface area contributed by atoms with E-state index in [1.54, 1.807) is 24.3 Å². The van der Waals surface area contributed by atoms with Crippen molar-refractivity contribution in [3.63, 3.8) is 0 Å². The highest BCUT2D eigenvalue weighted by Crippen LogP contribution is 2.37. The number of nitrogens with one attached hydrogen (secondary N) is 1. The van der Waals surface area contributed by atoms with Crippen LogP contribution in [0.15, 0.2) is 59.8 Å². The third kappa shape index (κ3) is 3.53. The third-order valence-corrected chi connectivity index (χ3v) is 4.90. The van der Waals surface area contributed by atoms with Crippen LogP contribution >= 0.6 is 0 Å². The fraction of sp³-hybridized carbons (Fsp3) is 0.150. The topological polar surface area (TPSA) is 151 Å². The summed E-state index contributed by atoms with van der Waals surface area (Å²) in [5.41, 5.74) is 0.154. The lowest BCUT2D eigenvalue weighted by molar-refractivity contribution is -0.384. The number of carbonyl (C=O) groups is 2. The maximum Gasteiger partial charge on any atom is 0.355 e. The number of tetrazole rings is 1. The van der Waals surface area contributed by atoms with E-state index >= 15 is 0 Å². The quantitative estimate of drug-likeness (QED) is 0.262. The summed E-state index contributed by atoms with van der Waals surface area (Å²) in [4.78, 5) is 36.8. The fourth-order valence-corrected chi connectivity index (χ4v) is 3.40. The minimum Gasteiger partial charge on any atom is -0.497 e. The summed E-state index contributed by atoms with van der Waals surface area (Å²) in [6, 6.07) is 11.1. The van der Waals surface area contributed by atoms with Crippen molar-refractivity contribution in [2.45, 2.75) is 6.04 Å². The Morgan fingerprint density at radius 1 is 1.16 bits per heavy atom. The van der Waals surface area contributed by atoms with E-state index in [-0.39, 0.29) is 28.5 Å². The van der Waals surface area contributed by atoms with Crippen LogP contribution in [0.4, 0.5) is 11.6 Å². The first-order chi connectivity index (χ1) is 15.4. The highest BCUT2D eigenvalue weighted by molar-refractivity contribution is 6.15. The molecule has 2 heterocycles. The Kier molecular flexibility index (Phi) is 5.33.